The standard InChI is InChI=1S/C18H19N5O4S3/c1-3-26-12-6-5-11(9-13(12)27-4-2)15(25)21-17-22-23-18(30-17)29-10-14(24)20-16-19-7-8-28-16/h5-9H,3-4,10H2,1-2H3,(H,19,20,24)(H,21,22,25). The molecule has 3 aromatic rings. The van der Waals surface area contributed by atoms with Gasteiger partial charge in [0.15, 0.2) is 21.0 Å². The molecule has 2 aromatic heterocycles. The molecule has 0 radical (unpaired) electrons. The van der Waals surface area contributed by atoms with Gasteiger partial charge in [0.1, 0.15) is 0 Å². The molecule has 30 heavy (non-hydrogen) atoms. The highest BCUT2D eigenvalue weighted by atomic mass is 32.2. The molecule has 12 heteroatoms. The lowest BCUT2D eigenvalue weighted by Crippen LogP contribution is -2.13. The number of carbonyl (C=O) groups excluding carboxylic acids is 2. The molecule has 0 fully saturated rings. The summed E-state index contributed by atoms with van der Waals surface area (Å²) < 4.78 is 11.6. The Morgan fingerprint density at radius 3 is 2.60 bits per heavy atom. The van der Waals surface area contributed by atoms with Crippen molar-refractivity contribution in [2.75, 3.05) is 29.6 Å². The Morgan fingerprint density at radius 2 is 1.87 bits per heavy atom. The van der Waals surface area contributed by atoms with Crippen molar-refractivity contribution in [2.24, 2.45) is 0 Å². The molecule has 0 saturated heterocycles. The number of benzene rings is 1. The van der Waals surface area contributed by atoms with Crippen LogP contribution in [-0.2, 0) is 4.79 Å². The highest BCUT2D eigenvalue weighted by Crippen LogP contribution is 2.30. The second-order valence-electron chi connectivity index (χ2n) is 5.53. The van der Waals surface area contributed by atoms with Gasteiger partial charge in [0.25, 0.3) is 5.91 Å². The van der Waals surface area contributed by atoms with Crippen LogP contribution in [0.1, 0.15) is 24.2 Å². The molecule has 0 aliphatic carbocycles. The van der Waals surface area contributed by atoms with Crippen molar-refractivity contribution in [1.29, 1.82) is 0 Å². The number of hydrogen-bond acceptors (Lipinski definition) is 10. The molecule has 0 aliphatic rings. The maximum Gasteiger partial charge on any atom is 0.257 e. The van der Waals surface area contributed by atoms with Crippen molar-refractivity contribution in [3.05, 3.63) is 35.3 Å². The third kappa shape index (κ3) is 6.15. The molecule has 2 N–H and O–H groups in total. The van der Waals surface area contributed by atoms with E-state index < -0.39 is 0 Å². The number of nitrogens with zero attached hydrogens (tertiary/aromatic N) is 3. The van der Waals surface area contributed by atoms with Crippen molar-refractivity contribution < 1.29 is 19.1 Å². The van der Waals surface area contributed by atoms with E-state index in [1.54, 1.807) is 29.8 Å². The molecule has 3 rings (SSSR count). The van der Waals surface area contributed by atoms with Gasteiger partial charge in [-0.2, -0.15) is 0 Å². The van der Waals surface area contributed by atoms with E-state index >= 15 is 0 Å². The molecule has 0 aliphatic heterocycles. The Labute approximate surface area is 185 Å². The van der Waals surface area contributed by atoms with Gasteiger partial charge in [-0.25, -0.2) is 4.98 Å². The number of ether oxygens (including phenoxy) is 2. The Bertz CT molecular complexity index is 994. The first-order chi connectivity index (χ1) is 14.6. The number of aromatic nitrogens is 3. The number of carbonyl (C=O) groups is 2. The Kier molecular flexibility index (Phi) is 7.99. The topological polar surface area (TPSA) is 115 Å². The third-order valence-corrected chi connectivity index (χ3v) is 6.10. The van der Waals surface area contributed by atoms with E-state index in [-0.39, 0.29) is 17.6 Å². The Hall–Kier alpha value is -2.70. The van der Waals surface area contributed by atoms with Crippen LogP contribution in [-0.4, -0.2) is 46.0 Å². The van der Waals surface area contributed by atoms with Crippen molar-refractivity contribution in [1.82, 2.24) is 15.2 Å². The molecule has 0 atom stereocenters. The first kappa shape index (κ1) is 22.0. The second kappa shape index (κ2) is 10.9. The zero-order valence-corrected chi connectivity index (χ0v) is 18.7. The van der Waals surface area contributed by atoms with Gasteiger partial charge in [-0.1, -0.05) is 23.1 Å². The van der Waals surface area contributed by atoms with Crippen LogP contribution in [0.2, 0.25) is 0 Å². The lowest BCUT2D eigenvalue weighted by Gasteiger charge is -2.12. The summed E-state index contributed by atoms with van der Waals surface area (Å²) in [7, 11) is 0. The predicted octanol–water partition coefficient (Wildman–Crippen LogP) is 3.78. The number of nitrogens with one attached hydrogen (secondary N) is 2. The minimum atomic E-state index is -0.340. The average molecular weight is 466 g/mol. The fraction of sp³-hybridized carbons (Fsp3) is 0.278. The van der Waals surface area contributed by atoms with E-state index in [9.17, 15) is 9.59 Å². The summed E-state index contributed by atoms with van der Waals surface area (Å²) in [6.07, 6.45) is 1.62. The maximum atomic E-state index is 12.5. The van der Waals surface area contributed by atoms with Crippen molar-refractivity contribution >= 4 is 56.5 Å². The summed E-state index contributed by atoms with van der Waals surface area (Å²) in [5.74, 6) is 0.730. The van der Waals surface area contributed by atoms with Gasteiger partial charge in [-0.3, -0.25) is 14.9 Å². The van der Waals surface area contributed by atoms with Crippen LogP contribution in [0.5, 0.6) is 11.5 Å². The van der Waals surface area contributed by atoms with Gasteiger partial charge in [0, 0.05) is 17.1 Å². The molecule has 9 nitrogen and oxygen atoms in total. The van der Waals surface area contributed by atoms with Crippen molar-refractivity contribution in [3.8, 4) is 11.5 Å². The molecule has 1 aromatic carbocycles. The number of anilines is 2. The van der Waals surface area contributed by atoms with Gasteiger partial charge < -0.3 is 14.8 Å². The van der Waals surface area contributed by atoms with Crippen molar-refractivity contribution in [3.63, 3.8) is 0 Å². The van der Waals surface area contributed by atoms with E-state index in [0.29, 0.717) is 44.9 Å². The summed E-state index contributed by atoms with van der Waals surface area (Å²) in [5, 5.41) is 16.0. The monoisotopic (exact) mass is 465 g/mol. The molecular formula is C18H19N5O4S3. The minimum Gasteiger partial charge on any atom is -0.490 e. The van der Waals surface area contributed by atoms with Gasteiger partial charge in [-0.15, -0.1) is 21.5 Å². The summed E-state index contributed by atoms with van der Waals surface area (Å²) in [6.45, 7) is 4.70. The molecule has 2 heterocycles. The highest BCUT2D eigenvalue weighted by Gasteiger charge is 2.15. The van der Waals surface area contributed by atoms with E-state index in [1.807, 2.05) is 13.8 Å². The first-order valence-corrected chi connectivity index (χ1v) is 11.6. The lowest BCUT2D eigenvalue weighted by molar-refractivity contribution is -0.113. The maximum absolute atomic E-state index is 12.5. The van der Waals surface area contributed by atoms with Gasteiger partial charge in [-0.05, 0) is 32.0 Å². The average Bonchev–Trinajstić information content (AvgIpc) is 3.40. The lowest BCUT2D eigenvalue weighted by atomic mass is 10.2. The summed E-state index contributed by atoms with van der Waals surface area (Å²) in [6, 6.07) is 4.98. The molecule has 0 spiro atoms. The zero-order valence-electron chi connectivity index (χ0n) is 16.2. The van der Waals surface area contributed by atoms with E-state index in [2.05, 4.69) is 25.8 Å². The number of thiazole rings is 1. The summed E-state index contributed by atoms with van der Waals surface area (Å²) in [4.78, 5) is 28.5. The summed E-state index contributed by atoms with van der Waals surface area (Å²) >= 11 is 3.77. The van der Waals surface area contributed by atoms with Crippen LogP contribution in [0.25, 0.3) is 0 Å². The highest BCUT2D eigenvalue weighted by molar-refractivity contribution is 8.01. The van der Waals surface area contributed by atoms with Crippen LogP contribution in [0.4, 0.5) is 10.3 Å². The third-order valence-electron chi connectivity index (χ3n) is 3.44. The van der Waals surface area contributed by atoms with Crippen LogP contribution < -0.4 is 20.1 Å². The SMILES string of the molecule is CCOc1ccc(C(=O)Nc2nnc(SCC(=O)Nc3nccs3)s2)cc1OCC. The fourth-order valence-electron chi connectivity index (χ4n) is 2.25. The fourth-order valence-corrected chi connectivity index (χ4v) is 4.34. The number of rotatable bonds is 10. The summed E-state index contributed by atoms with van der Waals surface area (Å²) in [5.41, 5.74) is 0.411. The largest absolute Gasteiger partial charge is 0.490 e. The van der Waals surface area contributed by atoms with Crippen LogP contribution >= 0.6 is 34.4 Å². The molecule has 0 bridgehead atoms. The van der Waals surface area contributed by atoms with Crippen LogP contribution in [0, 0.1) is 0 Å². The predicted molar refractivity (Wildman–Crippen MR) is 118 cm³/mol. The molecule has 0 unspecified atom stereocenters. The van der Waals surface area contributed by atoms with Gasteiger partial charge in [0.2, 0.25) is 11.0 Å². The number of hydrogen-bond donors (Lipinski definition) is 2. The quantitative estimate of drug-likeness (QED) is 0.343. The smallest absolute Gasteiger partial charge is 0.257 e. The first-order valence-electron chi connectivity index (χ1n) is 8.95. The van der Waals surface area contributed by atoms with Crippen molar-refractivity contribution in [2.45, 2.75) is 18.2 Å². The number of thioether (sulfide) groups is 1. The molecule has 0 saturated carbocycles. The van der Waals surface area contributed by atoms with Gasteiger partial charge in [0.05, 0.1) is 19.0 Å². The van der Waals surface area contributed by atoms with Crippen LogP contribution in [0.3, 0.4) is 0 Å². The second-order valence-corrected chi connectivity index (χ2v) is 8.62. The molecule has 2 amide bonds. The van der Waals surface area contributed by atoms with E-state index in [1.165, 1.54) is 34.4 Å². The molecule has 158 valence electrons. The Balaban J connectivity index is 1.56. The Morgan fingerprint density at radius 1 is 1.07 bits per heavy atom. The zero-order chi connectivity index (χ0) is 21.3. The minimum absolute atomic E-state index is 0.165. The van der Waals surface area contributed by atoms with E-state index in [0.717, 1.165) is 0 Å². The number of amides is 2. The van der Waals surface area contributed by atoms with Gasteiger partial charge >= 0.3 is 0 Å². The van der Waals surface area contributed by atoms with Crippen LogP contribution in [0.15, 0.2) is 34.1 Å². The van der Waals surface area contributed by atoms with E-state index in [4.69, 9.17) is 9.47 Å². The molecular weight excluding hydrogens is 446 g/mol. The normalized spacial score (nSPS) is 10.5.